The van der Waals surface area contributed by atoms with Crippen LogP contribution in [0.5, 0.6) is 0 Å². The van der Waals surface area contributed by atoms with Gasteiger partial charge in [-0.2, -0.15) is 0 Å². The molecule has 0 aromatic heterocycles. The molecule has 31 heavy (non-hydrogen) atoms. The molecule has 1 atom stereocenters. The first-order chi connectivity index (χ1) is 15.1. The van der Waals surface area contributed by atoms with Crippen LogP contribution in [-0.2, 0) is 17.8 Å². The number of nitrogens with zero attached hydrogens (tertiary/aromatic N) is 4. The molecule has 1 unspecified atom stereocenters. The molecule has 2 heterocycles. The number of aliphatic imine (C=N–C) groups is 1. The highest BCUT2D eigenvalue weighted by atomic mass is 35.5. The van der Waals surface area contributed by atoms with Gasteiger partial charge in [0.05, 0.1) is 19.7 Å². The number of hydrogen-bond donors (Lipinski definition) is 0. The topological polar surface area (TPSA) is 40.3 Å². The van der Waals surface area contributed by atoms with E-state index in [0.29, 0.717) is 23.2 Å². The Morgan fingerprint density at radius 1 is 1.16 bits per heavy atom. The Hall–Kier alpha value is -3.10. The highest BCUT2D eigenvalue weighted by Crippen LogP contribution is 2.39. The molecule has 3 aliphatic rings. The van der Waals surface area contributed by atoms with E-state index in [0.717, 1.165) is 55.9 Å². The van der Waals surface area contributed by atoms with Crippen molar-refractivity contribution in [3.05, 3.63) is 87.4 Å². The number of carbonyl (C=O) groups is 1. The van der Waals surface area contributed by atoms with Crippen molar-refractivity contribution >= 4 is 29.2 Å². The molecule has 0 saturated carbocycles. The Balaban J connectivity index is 1.39. The number of benzene rings is 2. The lowest BCUT2D eigenvalue weighted by atomic mass is 9.81. The molecule has 6 heteroatoms. The van der Waals surface area contributed by atoms with Crippen LogP contribution in [0, 0.1) is 12.5 Å². The average molecular weight is 431 g/mol. The molecule has 2 aromatic rings. The SMILES string of the molecule is [C-]#[N+]c1cccc(CC2CCC3=C(C2)C(=O)N(Cc2ccc(Cl)cc2)C2=NCCN23)c1. The minimum absolute atomic E-state index is 0.0847. The van der Waals surface area contributed by atoms with E-state index < -0.39 is 0 Å². The normalized spacial score (nSPS) is 20.3. The summed E-state index contributed by atoms with van der Waals surface area (Å²) >= 11 is 6.03. The van der Waals surface area contributed by atoms with Crippen LogP contribution in [0.4, 0.5) is 5.69 Å². The van der Waals surface area contributed by atoms with Crippen molar-refractivity contribution in [3.63, 3.8) is 0 Å². The number of fused-ring (bicyclic) bond motifs is 2. The monoisotopic (exact) mass is 430 g/mol. The largest absolute Gasteiger partial charge is 0.314 e. The Labute approximate surface area is 187 Å². The van der Waals surface area contributed by atoms with Crippen LogP contribution in [0.25, 0.3) is 4.85 Å². The molecule has 0 radical (unpaired) electrons. The third-order valence-electron chi connectivity index (χ3n) is 6.34. The zero-order valence-electron chi connectivity index (χ0n) is 17.2. The summed E-state index contributed by atoms with van der Waals surface area (Å²) in [7, 11) is 0. The second kappa shape index (κ2) is 8.20. The van der Waals surface area contributed by atoms with Crippen LogP contribution in [0.1, 0.15) is 30.4 Å². The summed E-state index contributed by atoms with van der Waals surface area (Å²) in [6.45, 7) is 9.31. The zero-order valence-corrected chi connectivity index (χ0v) is 18.0. The van der Waals surface area contributed by atoms with Gasteiger partial charge < -0.3 is 4.90 Å². The van der Waals surface area contributed by atoms with Gasteiger partial charge in [-0.1, -0.05) is 53.6 Å². The lowest BCUT2D eigenvalue weighted by Crippen LogP contribution is -2.51. The van der Waals surface area contributed by atoms with Crippen molar-refractivity contribution in [1.82, 2.24) is 9.80 Å². The van der Waals surface area contributed by atoms with Crippen molar-refractivity contribution in [3.8, 4) is 0 Å². The van der Waals surface area contributed by atoms with Gasteiger partial charge in [-0.05, 0) is 49.3 Å². The number of amides is 1. The smallest absolute Gasteiger partial charge is 0.258 e. The van der Waals surface area contributed by atoms with E-state index >= 15 is 0 Å². The van der Waals surface area contributed by atoms with Gasteiger partial charge in [-0.25, -0.2) is 4.85 Å². The summed E-state index contributed by atoms with van der Waals surface area (Å²) in [6.07, 6.45) is 3.63. The number of rotatable bonds is 4. The Morgan fingerprint density at radius 3 is 2.81 bits per heavy atom. The standard InChI is InChI=1S/C25H23ClN4O/c1-27-21-4-2-3-18(14-21)13-19-7-10-23-22(15-19)24(31)30(25-28-11-12-29(23)25)16-17-5-8-20(26)9-6-17/h2-6,8-9,14,19H,7,10-13,15-16H2. The third-order valence-corrected chi connectivity index (χ3v) is 6.59. The number of carbonyl (C=O) groups excluding carboxylic acids is 1. The number of halogens is 1. The van der Waals surface area contributed by atoms with E-state index in [9.17, 15) is 4.79 Å². The fourth-order valence-corrected chi connectivity index (χ4v) is 4.99. The second-order valence-electron chi connectivity index (χ2n) is 8.37. The fourth-order valence-electron chi connectivity index (χ4n) is 4.86. The molecule has 0 bridgehead atoms. The quantitative estimate of drug-likeness (QED) is 0.625. The lowest BCUT2D eigenvalue weighted by Gasteiger charge is -2.41. The van der Waals surface area contributed by atoms with Gasteiger partial charge in [0.2, 0.25) is 5.96 Å². The fraction of sp³-hybridized carbons (Fsp3) is 0.320. The number of hydrogen-bond acceptors (Lipinski definition) is 3. The van der Waals surface area contributed by atoms with Crippen molar-refractivity contribution in [1.29, 1.82) is 0 Å². The number of allylic oxidation sites excluding steroid dienone is 1. The first kappa shape index (κ1) is 19.8. The van der Waals surface area contributed by atoms with Crippen LogP contribution in [0.15, 0.2) is 64.8 Å². The van der Waals surface area contributed by atoms with Gasteiger partial charge in [-0.15, -0.1) is 0 Å². The van der Waals surface area contributed by atoms with E-state index in [-0.39, 0.29) is 5.91 Å². The van der Waals surface area contributed by atoms with Gasteiger partial charge in [0.15, 0.2) is 5.69 Å². The van der Waals surface area contributed by atoms with Crippen molar-refractivity contribution in [2.24, 2.45) is 10.9 Å². The Kier molecular flexibility index (Phi) is 5.25. The molecule has 5 nitrogen and oxygen atoms in total. The third kappa shape index (κ3) is 3.84. The highest BCUT2D eigenvalue weighted by molar-refractivity contribution is 6.30. The maximum absolute atomic E-state index is 13.6. The summed E-state index contributed by atoms with van der Waals surface area (Å²) in [4.78, 5) is 25.9. The minimum atomic E-state index is 0.0847. The van der Waals surface area contributed by atoms with Crippen LogP contribution in [-0.4, -0.2) is 34.8 Å². The zero-order chi connectivity index (χ0) is 21.4. The molecule has 0 spiro atoms. The average Bonchev–Trinajstić information content (AvgIpc) is 3.28. The molecular formula is C25H23ClN4O. The molecule has 0 fully saturated rings. The summed E-state index contributed by atoms with van der Waals surface area (Å²) in [5, 5.41) is 0.691. The van der Waals surface area contributed by atoms with Gasteiger partial charge in [0.25, 0.3) is 5.91 Å². The highest BCUT2D eigenvalue weighted by Gasteiger charge is 2.41. The molecule has 0 N–H and O–H groups in total. The molecule has 2 aromatic carbocycles. The van der Waals surface area contributed by atoms with Gasteiger partial charge in [0, 0.05) is 22.8 Å². The lowest BCUT2D eigenvalue weighted by molar-refractivity contribution is -0.125. The first-order valence-electron chi connectivity index (χ1n) is 10.7. The maximum Gasteiger partial charge on any atom is 0.258 e. The number of guanidine groups is 1. The molecule has 5 rings (SSSR count). The van der Waals surface area contributed by atoms with Gasteiger partial charge >= 0.3 is 0 Å². The van der Waals surface area contributed by atoms with E-state index in [4.69, 9.17) is 18.2 Å². The van der Waals surface area contributed by atoms with Crippen LogP contribution in [0.2, 0.25) is 5.02 Å². The van der Waals surface area contributed by atoms with Gasteiger partial charge in [0.1, 0.15) is 0 Å². The summed E-state index contributed by atoms with van der Waals surface area (Å²) in [5.41, 5.74) is 4.99. The van der Waals surface area contributed by atoms with E-state index in [1.807, 2.05) is 47.4 Å². The molecule has 156 valence electrons. The second-order valence-corrected chi connectivity index (χ2v) is 8.81. The van der Waals surface area contributed by atoms with Gasteiger partial charge in [-0.3, -0.25) is 14.7 Å². The molecule has 1 amide bonds. The Morgan fingerprint density at radius 2 is 2.00 bits per heavy atom. The molecule has 1 aliphatic carbocycles. The first-order valence-corrected chi connectivity index (χ1v) is 11.1. The van der Waals surface area contributed by atoms with Crippen LogP contribution < -0.4 is 0 Å². The van der Waals surface area contributed by atoms with E-state index in [1.165, 1.54) is 11.3 Å². The van der Waals surface area contributed by atoms with Crippen molar-refractivity contribution in [2.45, 2.75) is 32.2 Å². The van der Waals surface area contributed by atoms with E-state index in [2.05, 4.69) is 20.8 Å². The minimum Gasteiger partial charge on any atom is -0.314 e. The summed E-state index contributed by atoms with van der Waals surface area (Å²) < 4.78 is 0. The molecule has 2 aliphatic heterocycles. The summed E-state index contributed by atoms with van der Waals surface area (Å²) in [5.74, 6) is 1.28. The molecule has 0 saturated heterocycles. The Bertz CT molecular complexity index is 1130. The predicted molar refractivity (Wildman–Crippen MR) is 122 cm³/mol. The van der Waals surface area contributed by atoms with Crippen molar-refractivity contribution < 1.29 is 4.79 Å². The molecular weight excluding hydrogens is 408 g/mol. The predicted octanol–water partition coefficient (Wildman–Crippen LogP) is 5.20. The van der Waals surface area contributed by atoms with Crippen molar-refractivity contribution in [2.75, 3.05) is 13.1 Å². The maximum atomic E-state index is 13.6. The van der Waals surface area contributed by atoms with Crippen LogP contribution >= 0.6 is 11.6 Å². The summed E-state index contributed by atoms with van der Waals surface area (Å²) in [6, 6.07) is 15.5. The van der Waals surface area contributed by atoms with Crippen LogP contribution in [0.3, 0.4) is 0 Å². The van der Waals surface area contributed by atoms with E-state index in [1.54, 1.807) is 0 Å².